The quantitative estimate of drug-likeness (QED) is 0.314. The van der Waals surface area contributed by atoms with E-state index in [0.717, 1.165) is 70.9 Å². The van der Waals surface area contributed by atoms with Crippen LogP contribution < -0.4 is 0 Å². The number of aliphatic hydroxyl groups is 1. The van der Waals surface area contributed by atoms with E-state index in [1.807, 2.05) is 0 Å². The zero-order chi connectivity index (χ0) is 38.1. The van der Waals surface area contributed by atoms with Gasteiger partial charge in [-0.25, -0.2) is 9.59 Å². The van der Waals surface area contributed by atoms with Crippen molar-refractivity contribution < 1.29 is 42.1 Å². The number of nitrogens with zero attached hydrogens (tertiary/aromatic N) is 3. The molecule has 0 aromatic heterocycles. The van der Waals surface area contributed by atoms with Crippen LogP contribution in [0.15, 0.2) is 0 Å². The van der Waals surface area contributed by atoms with Gasteiger partial charge >= 0.3 is 18.4 Å². The molecule has 5 aliphatic carbocycles. The van der Waals surface area contributed by atoms with Crippen molar-refractivity contribution in [2.24, 2.45) is 56.7 Å². The van der Waals surface area contributed by atoms with Gasteiger partial charge in [-0.3, -0.25) is 4.90 Å². The van der Waals surface area contributed by atoms with Crippen molar-refractivity contribution in [3.63, 3.8) is 0 Å². The SMILES string of the molecule is CC(C)[C@@H](OC(=O)N1CCC1)C1C[C@@H](C)[C@H]2C(O1)[C@H](O)[C@@]1(C)C3CC[C@H]4C(C)(C)C(OC(=O)N5CCN(CC(F)(F)F)CC5)CC[C@@]45C[C@@]35CC[C@]21C. The van der Waals surface area contributed by atoms with Crippen LogP contribution in [0, 0.1) is 56.7 Å². The first-order chi connectivity index (χ1) is 24.8. The molecule has 3 saturated heterocycles. The van der Waals surface area contributed by atoms with Gasteiger partial charge in [0.2, 0.25) is 0 Å². The molecule has 3 aliphatic heterocycles. The Labute approximate surface area is 314 Å². The molecule has 2 amide bonds. The van der Waals surface area contributed by atoms with E-state index in [9.17, 15) is 27.9 Å². The molecule has 1 N–H and O–H groups in total. The Bertz CT molecular complexity index is 1450. The summed E-state index contributed by atoms with van der Waals surface area (Å²) < 4.78 is 58.2. The summed E-state index contributed by atoms with van der Waals surface area (Å²) in [5.41, 5.74) is -0.333. The number of rotatable bonds is 5. The maximum Gasteiger partial charge on any atom is 0.410 e. The maximum atomic E-state index is 13.4. The average molecular weight is 752 g/mol. The first-order valence-corrected chi connectivity index (χ1v) is 20.8. The largest absolute Gasteiger partial charge is 0.446 e. The summed E-state index contributed by atoms with van der Waals surface area (Å²) in [6.07, 6.45) is 2.38. The van der Waals surface area contributed by atoms with E-state index in [2.05, 4.69) is 48.5 Å². The van der Waals surface area contributed by atoms with Crippen molar-refractivity contribution in [3.8, 4) is 0 Å². The van der Waals surface area contributed by atoms with Gasteiger partial charge in [0.25, 0.3) is 0 Å². The molecule has 4 unspecified atom stereocenters. The van der Waals surface area contributed by atoms with Crippen molar-refractivity contribution in [2.45, 2.75) is 143 Å². The van der Waals surface area contributed by atoms with Gasteiger partial charge in [0.1, 0.15) is 12.2 Å². The number of aliphatic hydroxyl groups excluding tert-OH is 1. The topological polar surface area (TPSA) is 91.8 Å². The molecule has 8 rings (SSSR count). The highest BCUT2D eigenvalue weighted by Crippen LogP contribution is 2.89. The number of piperazine rings is 1. The lowest BCUT2D eigenvalue weighted by atomic mass is 9.41. The number of carbonyl (C=O) groups excluding carboxylic acids is 2. The fraction of sp³-hybridized carbons (Fsp3) is 0.951. The van der Waals surface area contributed by atoms with E-state index in [0.29, 0.717) is 17.8 Å². The molecular formula is C41H64F3N3O6. The first kappa shape index (κ1) is 38.1. The molecule has 53 heavy (non-hydrogen) atoms. The second-order valence-corrected chi connectivity index (χ2v) is 20.2. The summed E-state index contributed by atoms with van der Waals surface area (Å²) in [6, 6.07) is 0. The molecule has 8 aliphatic rings. The summed E-state index contributed by atoms with van der Waals surface area (Å²) >= 11 is 0. The van der Waals surface area contributed by atoms with Gasteiger partial charge < -0.3 is 29.1 Å². The van der Waals surface area contributed by atoms with Crippen LogP contribution in [-0.2, 0) is 14.2 Å². The highest BCUT2D eigenvalue weighted by Gasteiger charge is 2.85. The van der Waals surface area contributed by atoms with E-state index < -0.39 is 24.9 Å². The van der Waals surface area contributed by atoms with Crippen molar-refractivity contribution in [2.75, 3.05) is 45.8 Å². The molecule has 9 nitrogen and oxygen atoms in total. The third kappa shape index (κ3) is 5.53. The minimum absolute atomic E-state index is 0.0813. The van der Waals surface area contributed by atoms with Crippen LogP contribution in [0.2, 0.25) is 0 Å². The van der Waals surface area contributed by atoms with Gasteiger partial charge in [0.05, 0.1) is 24.9 Å². The Kier molecular flexibility index (Phi) is 9.06. The average Bonchev–Trinajstić information content (AvgIpc) is 3.68. The van der Waals surface area contributed by atoms with Gasteiger partial charge in [-0.05, 0) is 104 Å². The molecule has 0 aromatic rings. The Morgan fingerprint density at radius 1 is 0.887 bits per heavy atom. The van der Waals surface area contributed by atoms with E-state index >= 15 is 0 Å². The molecule has 300 valence electrons. The first-order valence-electron chi connectivity index (χ1n) is 20.8. The van der Waals surface area contributed by atoms with Gasteiger partial charge in [0, 0.05) is 50.1 Å². The van der Waals surface area contributed by atoms with Crippen molar-refractivity contribution >= 4 is 12.2 Å². The third-order valence-corrected chi connectivity index (χ3v) is 17.4. The second kappa shape index (κ2) is 12.6. The summed E-state index contributed by atoms with van der Waals surface area (Å²) in [5.74, 6) is 1.40. The van der Waals surface area contributed by atoms with Crippen LogP contribution in [0.25, 0.3) is 0 Å². The smallest absolute Gasteiger partial charge is 0.410 e. The second-order valence-electron chi connectivity index (χ2n) is 20.2. The minimum Gasteiger partial charge on any atom is -0.446 e. The number of halogens is 3. The lowest BCUT2D eigenvalue weighted by Crippen LogP contribution is -2.60. The number of alkyl halides is 3. The number of hydrogen-bond acceptors (Lipinski definition) is 7. The van der Waals surface area contributed by atoms with E-state index in [1.54, 1.807) is 9.80 Å². The van der Waals surface area contributed by atoms with Crippen molar-refractivity contribution in [1.82, 2.24) is 14.7 Å². The Hall–Kier alpha value is -1.79. The third-order valence-electron chi connectivity index (χ3n) is 17.4. The fourth-order valence-corrected chi connectivity index (χ4v) is 14.6. The summed E-state index contributed by atoms with van der Waals surface area (Å²) in [6.45, 7) is 17.3. The maximum absolute atomic E-state index is 13.4. The lowest BCUT2D eigenvalue weighted by molar-refractivity contribution is -0.186. The van der Waals surface area contributed by atoms with E-state index in [-0.39, 0.29) is 95.6 Å². The van der Waals surface area contributed by atoms with Gasteiger partial charge in [-0.1, -0.05) is 48.5 Å². The molecule has 8 fully saturated rings. The van der Waals surface area contributed by atoms with Crippen LogP contribution in [0.4, 0.5) is 22.8 Å². The molecule has 2 spiro atoms. The molecule has 0 radical (unpaired) electrons. The molecule has 13 atom stereocenters. The van der Waals surface area contributed by atoms with Gasteiger partial charge in [-0.2, -0.15) is 13.2 Å². The number of likely N-dealkylation sites (tertiary alicyclic amines) is 1. The summed E-state index contributed by atoms with van der Waals surface area (Å²) in [5, 5.41) is 12.7. The van der Waals surface area contributed by atoms with E-state index in [4.69, 9.17) is 14.2 Å². The van der Waals surface area contributed by atoms with Crippen molar-refractivity contribution in [1.29, 1.82) is 0 Å². The predicted molar refractivity (Wildman–Crippen MR) is 192 cm³/mol. The minimum atomic E-state index is -4.25. The number of ether oxygens (including phenoxy) is 3. The highest BCUT2D eigenvalue weighted by atomic mass is 19.4. The van der Waals surface area contributed by atoms with Crippen LogP contribution in [0.3, 0.4) is 0 Å². The van der Waals surface area contributed by atoms with Crippen molar-refractivity contribution in [3.05, 3.63) is 0 Å². The van der Waals surface area contributed by atoms with Gasteiger partial charge in [0.15, 0.2) is 0 Å². The monoisotopic (exact) mass is 751 g/mol. The molecule has 0 aromatic carbocycles. The Balaban J connectivity index is 0.972. The lowest BCUT2D eigenvalue weighted by Gasteiger charge is -2.63. The fourth-order valence-electron chi connectivity index (χ4n) is 14.6. The van der Waals surface area contributed by atoms with Crippen LogP contribution in [-0.4, -0.2) is 115 Å². The standard InChI is InChI=1S/C41H64F3N3O6/c1-24(2)31(53-35(50)46-15-8-16-46)26-21-25(3)30-32(51-26)33(48)38(7)28-10-9-27-36(4,5)29(11-12-39(27)22-40(28,39)14-13-37(30,38)6)52-34(49)47-19-17-45(18-20-47)23-41(42,43)44/h24-33,48H,8-23H2,1-7H3/t25-,26?,27+,28?,29?,30+,31-,32?,33+,37-,38-,39-,40+/m1/s1. The highest BCUT2D eigenvalue weighted by molar-refractivity contribution is 5.69. The zero-order valence-electron chi connectivity index (χ0n) is 33.1. The Morgan fingerprint density at radius 3 is 2.15 bits per heavy atom. The van der Waals surface area contributed by atoms with Crippen LogP contribution in [0.1, 0.15) is 106 Å². The summed E-state index contributed by atoms with van der Waals surface area (Å²) in [7, 11) is 0. The number of hydrogen-bond donors (Lipinski definition) is 1. The molecule has 3 heterocycles. The molecule has 5 saturated carbocycles. The summed E-state index contributed by atoms with van der Waals surface area (Å²) in [4.78, 5) is 31.1. The van der Waals surface area contributed by atoms with E-state index in [1.165, 1.54) is 4.90 Å². The molecular weight excluding hydrogens is 687 g/mol. The normalized spacial score (nSPS) is 46.6. The number of amides is 2. The predicted octanol–water partition coefficient (Wildman–Crippen LogP) is 7.35. The van der Waals surface area contributed by atoms with Crippen LogP contribution >= 0.6 is 0 Å². The number of carbonyl (C=O) groups is 2. The zero-order valence-corrected chi connectivity index (χ0v) is 33.1. The molecule has 0 bridgehead atoms. The Morgan fingerprint density at radius 2 is 1.53 bits per heavy atom. The van der Waals surface area contributed by atoms with Gasteiger partial charge in [-0.15, -0.1) is 0 Å². The van der Waals surface area contributed by atoms with Crippen LogP contribution in [0.5, 0.6) is 0 Å². The number of fused-ring (bicyclic) bond motifs is 4. The molecule has 12 heteroatoms.